The van der Waals surface area contributed by atoms with Crippen molar-refractivity contribution in [1.82, 2.24) is 0 Å². The van der Waals surface area contributed by atoms with Gasteiger partial charge in [-0.15, -0.1) is 0 Å². The number of rotatable bonds is 8. The second-order valence-corrected chi connectivity index (χ2v) is 7.43. The highest BCUT2D eigenvalue weighted by Crippen LogP contribution is 2.60. The molecule has 0 aliphatic carbocycles. The Kier molecular flexibility index (Phi) is 7.53. The number of hydrogen-bond donors (Lipinski definition) is 0. The van der Waals surface area contributed by atoms with Gasteiger partial charge in [-0.2, -0.15) is 0 Å². The molecule has 3 nitrogen and oxygen atoms in total. The second-order valence-electron chi connectivity index (χ2n) is 5.30. The van der Waals surface area contributed by atoms with Crippen LogP contribution in [0.2, 0.25) is 0 Å². The van der Waals surface area contributed by atoms with E-state index in [9.17, 15) is 0 Å². The molecule has 0 spiro atoms. The minimum atomic E-state index is -2.78. The minimum absolute atomic E-state index is 0. The molecule has 0 saturated heterocycles. The third kappa shape index (κ3) is 5.52. The van der Waals surface area contributed by atoms with Crippen LogP contribution in [0.25, 0.3) is 0 Å². The van der Waals surface area contributed by atoms with Gasteiger partial charge in [0.25, 0.3) is 0 Å². The molecule has 0 aromatic heterocycles. The van der Waals surface area contributed by atoms with Gasteiger partial charge in [-0.1, -0.05) is 61.2 Å². The molecule has 134 valence electrons. The molecule has 5 heteroatoms. The molecule has 0 saturated carbocycles. The van der Waals surface area contributed by atoms with Crippen LogP contribution in [0.3, 0.4) is 0 Å². The van der Waals surface area contributed by atoms with Gasteiger partial charge in [0.2, 0.25) is 0 Å². The van der Waals surface area contributed by atoms with Crippen molar-refractivity contribution < 1.29 is 26.0 Å². The fourth-order valence-electron chi connectivity index (χ4n) is 2.25. The monoisotopic (exact) mass is 386 g/mol. The predicted molar refractivity (Wildman–Crippen MR) is 103 cm³/mol. The maximum atomic E-state index is 6.25. The SMILES string of the molecule is C=CC[P+](Oc1ccccc1)(Oc1ccccc1)Oc1ccccc1.[Cl-]. The Labute approximate surface area is 161 Å². The molecule has 3 aromatic carbocycles. The maximum Gasteiger partial charge on any atom is 0.545 e. The topological polar surface area (TPSA) is 27.7 Å². The van der Waals surface area contributed by atoms with E-state index in [4.69, 9.17) is 13.6 Å². The van der Waals surface area contributed by atoms with E-state index < -0.39 is 7.94 Å². The Hall–Kier alpha value is -2.48. The molecular weight excluding hydrogens is 367 g/mol. The van der Waals surface area contributed by atoms with Gasteiger partial charge < -0.3 is 12.4 Å². The van der Waals surface area contributed by atoms with Gasteiger partial charge in [0, 0.05) is 0 Å². The summed E-state index contributed by atoms with van der Waals surface area (Å²) in [6.45, 7) is 3.86. The fraction of sp³-hybridized carbons (Fsp3) is 0.0476. The molecule has 0 fully saturated rings. The molecule has 0 atom stereocenters. The lowest BCUT2D eigenvalue weighted by Gasteiger charge is -2.22. The van der Waals surface area contributed by atoms with Crippen molar-refractivity contribution in [2.45, 2.75) is 0 Å². The lowest BCUT2D eigenvalue weighted by Crippen LogP contribution is -3.00. The van der Waals surface area contributed by atoms with E-state index in [0.29, 0.717) is 23.4 Å². The summed E-state index contributed by atoms with van der Waals surface area (Å²) in [5, 5.41) is 0. The normalized spacial score (nSPS) is 10.3. The zero-order chi connectivity index (χ0) is 17.4. The van der Waals surface area contributed by atoms with E-state index in [1.54, 1.807) is 6.08 Å². The Morgan fingerprint density at radius 2 is 0.923 bits per heavy atom. The summed E-state index contributed by atoms with van der Waals surface area (Å²) in [6, 6.07) is 28.7. The first-order chi connectivity index (χ1) is 12.3. The fourth-order valence-corrected chi connectivity index (χ4v) is 4.23. The number of hydrogen-bond acceptors (Lipinski definition) is 3. The molecule has 3 rings (SSSR count). The zero-order valence-corrected chi connectivity index (χ0v) is 15.9. The van der Waals surface area contributed by atoms with E-state index in [1.165, 1.54) is 0 Å². The summed E-state index contributed by atoms with van der Waals surface area (Å²) < 4.78 is 18.7. The summed E-state index contributed by atoms with van der Waals surface area (Å²) in [7, 11) is -2.78. The van der Waals surface area contributed by atoms with Crippen molar-refractivity contribution in [2.75, 3.05) is 6.16 Å². The molecule has 0 heterocycles. The maximum absolute atomic E-state index is 6.25. The van der Waals surface area contributed by atoms with Crippen LogP contribution in [-0.2, 0) is 0 Å². The van der Waals surface area contributed by atoms with Crippen molar-refractivity contribution in [2.24, 2.45) is 0 Å². The Morgan fingerprint density at radius 3 is 1.19 bits per heavy atom. The molecular formula is C21H20ClO3P. The Morgan fingerprint density at radius 1 is 0.615 bits per heavy atom. The second kappa shape index (κ2) is 9.86. The van der Waals surface area contributed by atoms with Crippen molar-refractivity contribution >= 4 is 7.94 Å². The first-order valence-corrected chi connectivity index (χ1v) is 9.75. The summed E-state index contributed by atoms with van der Waals surface area (Å²) in [6.07, 6.45) is 2.22. The van der Waals surface area contributed by atoms with Gasteiger partial charge in [-0.05, 0) is 42.5 Å². The first-order valence-electron chi connectivity index (χ1n) is 8.02. The van der Waals surface area contributed by atoms with Crippen LogP contribution in [0, 0.1) is 0 Å². The Balaban J connectivity index is 0.00000243. The molecule has 0 amide bonds. The van der Waals surface area contributed by atoms with Crippen LogP contribution >= 0.6 is 7.94 Å². The highest BCUT2D eigenvalue weighted by Gasteiger charge is 2.48. The predicted octanol–water partition coefficient (Wildman–Crippen LogP) is 3.18. The van der Waals surface area contributed by atoms with Gasteiger partial charge in [-0.3, -0.25) is 13.6 Å². The molecule has 0 aliphatic rings. The van der Waals surface area contributed by atoms with Gasteiger partial charge in [0.05, 0.1) is 0 Å². The smallest absolute Gasteiger partial charge is 0.545 e. The number of benzene rings is 3. The van der Waals surface area contributed by atoms with E-state index >= 15 is 0 Å². The molecule has 0 N–H and O–H groups in total. The van der Waals surface area contributed by atoms with Crippen LogP contribution in [-0.4, -0.2) is 6.16 Å². The van der Waals surface area contributed by atoms with Crippen LogP contribution in [0.5, 0.6) is 17.2 Å². The lowest BCUT2D eigenvalue weighted by molar-refractivity contribution is -0.00000793. The quantitative estimate of drug-likeness (QED) is 0.439. The third-order valence-electron chi connectivity index (χ3n) is 3.32. The van der Waals surface area contributed by atoms with Crippen molar-refractivity contribution in [3.8, 4) is 17.2 Å². The third-order valence-corrected chi connectivity index (χ3v) is 5.49. The number of para-hydroxylation sites is 3. The highest BCUT2D eigenvalue weighted by molar-refractivity contribution is 7.63. The van der Waals surface area contributed by atoms with Crippen LogP contribution < -0.4 is 26.0 Å². The molecule has 3 aromatic rings. The van der Waals surface area contributed by atoms with Crippen molar-refractivity contribution in [3.05, 3.63) is 104 Å². The standard InChI is InChI=1S/C21H20O3P.ClH/c1-2-18-25(22-19-12-6-3-7-13-19,23-20-14-8-4-9-15-20)24-21-16-10-5-11-17-21;/h2-17H,1,18H2;1H/q+1;/p-1. The molecule has 0 aliphatic heterocycles. The lowest BCUT2D eigenvalue weighted by atomic mass is 10.3. The van der Waals surface area contributed by atoms with E-state index in [1.807, 2.05) is 91.0 Å². The summed E-state index contributed by atoms with van der Waals surface area (Å²) >= 11 is 0. The number of halogens is 1. The van der Waals surface area contributed by atoms with Gasteiger partial charge in [0.15, 0.2) is 23.4 Å². The van der Waals surface area contributed by atoms with Gasteiger partial charge in [-0.25, -0.2) is 0 Å². The number of allylic oxidation sites excluding steroid dienone is 1. The summed E-state index contributed by atoms with van der Waals surface area (Å²) in [4.78, 5) is 0. The first kappa shape index (κ1) is 19.8. The largest absolute Gasteiger partial charge is 1.00 e. The average Bonchev–Trinajstić information content (AvgIpc) is 2.64. The summed E-state index contributed by atoms with van der Waals surface area (Å²) in [5.74, 6) is 2.10. The van der Waals surface area contributed by atoms with Crippen LogP contribution in [0.15, 0.2) is 104 Å². The van der Waals surface area contributed by atoms with Crippen molar-refractivity contribution in [1.29, 1.82) is 0 Å². The zero-order valence-electron chi connectivity index (χ0n) is 14.2. The van der Waals surface area contributed by atoms with Crippen LogP contribution in [0.1, 0.15) is 0 Å². The van der Waals surface area contributed by atoms with Crippen LogP contribution in [0.4, 0.5) is 0 Å². The van der Waals surface area contributed by atoms with Gasteiger partial charge >= 0.3 is 7.94 Å². The van der Waals surface area contributed by atoms with E-state index in [-0.39, 0.29) is 12.4 Å². The molecule has 0 radical (unpaired) electrons. The van der Waals surface area contributed by atoms with E-state index in [0.717, 1.165) is 0 Å². The van der Waals surface area contributed by atoms with Crippen molar-refractivity contribution in [3.63, 3.8) is 0 Å². The summed E-state index contributed by atoms with van der Waals surface area (Å²) in [5.41, 5.74) is 0. The van der Waals surface area contributed by atoms with E-state index in [2.05, 4.69) is 6.58 Å². The highest BCUT2D eigenvalue weighted by atomic mass is 35.5. The molecule has 0 unspecified atom stereocenters. The average molecular weight is 387 g/mol. The molecule has 0 bridgehead atoms. The van der Waals surface area contributed by atoms with Gasteiger partial charge in [0.1, 0.15) is 0 Å². The molecule has 26 heavy (non-hydrogen) atoms. The Bertz CT molecular complexity index is 681. The minimum Gasteiger partial charge on any atom is -1.00 e.